The molecule has 0 aliphatic heterocycles. The Bertz CT molecular complexity index is 474. The summed E-state index contributed by atoms with van der Waals surface area (Å²) in [5, 5.41) is 15.1. The molecule has 0 fully saturated rings. The monoisotopic (exact) mass is 203 g/mol. The minimum atomic E-state index is 0.533. The SMILES string of the molecule is Cc1nc(-c2ccc(C=NO)cc2)no1. The number of hydrogen-bond donors (Lipinski definition) is 1. The molecule has 5 heteroatoms. The predicted molar refractivity (Wildman–Crippen MR) is 53.9 cm³/mol. The molecule has 1 aromatic heterocycles. The Kier molecular flexibility index (Phi) is 2.45. The zero-order valence-corrected chi connectivity index (χ0v) is 8.08. The molecule has 0 aliphatic rings. The normalized spacial score (nSPS) is 11.0. The highest BCUT2D eigenvalue weighted by Crippen LogP contribution is 2.15. The van der Waals surface area contributed by atoms with E-state index in [-0.39, 0.29) is 0 Å². The molecular formula is C10H9N3O2. The van der Waals surface area contributed by atoms with E-state index in [1.807, 2.05) is 12.1 Å². The standard InChI is InChI=1S/C10H9N3O2/c1-7-12-10(13-15-7)9-4-2-8(3-5-9)6-11-14/h2-6,14H,1H3. The van der Waals surface area contributed by atoms with Crippen molar-refractivity contribution >= 4 is 6.21 Å². The van der Waals surface area contributed by atoms with Crippen LogP contribution in [0.15, 0.2) is 33.9 Å². The molecule has 5 nitrogen and oxygen atoms in total. The van der Waals surface area contributed by atoms with Crippen LogP contribution in [0.25, 0.3) is 11.4 Å². The molecule has 0 radical (unpaired) electrons. The first-order chi connectivity index (χ1) is 7.29. The van der Waals surface area contributed by atoms with Gasteiger partial charge in [-0.15, -0.1) is 0 Å². The van der Waals surface area contributed by atoms with Crippen LogP contribution < -0.4 is 0 Å². The Hall–Kier alpha value is -2.17. The molecule has 0 saturated carbocycles. The molecule has 15 heavy (non-hydrogen) atoms. The highest BCUT2D eigenvalue weighted by atomic mass is 16.5. The second-order valence-corrected chi connectivity index (χ2v) is 3.00. The summed E-state index contributed by atoms with van der Waals surface area (Å²) >= 11 is 0. The van der Waals surface area contributed by atoms with Gasteiger partial charge in [-0.05, 0) is 5.56 Å². The van der Waals surface area contributed by atoms with Crippen molar-refractivity contribution in [1.82, 2.24) is 10.1 Å². The van der Waals surface area contributed by atoms with E-state index >= 15 is 0 Å². The van der Waals surface area contributed by atoms with Gasteiger partial charge in [0.1, 0.15) is 0 Å². The van der Waals surface area contributed by atoms with Crippen LogP contribution in [0.2, 0.25) is 0 Å². The van der Waals surface area contributed by atoms with Gasteiger partial charge in [0.25, 0.3) is 0 Å². The zero-order chi connectivity index (χ0) is 10.7. The third-order valence-electron chi connectivity index (χ3n) is 1.90. The molecule has 1 N–H and O–H groups in total. The van der Waals surface area contributed by atoms with Crippen LogP contribution in [0.5, 0.6) is 0 Å². The van der Waals surface area contributed by atoms with Crippen molar-refractivity contribution in [2.24, 2.45) is 5.16 Å². The van der Waals surface area contributed by atoms with E-state index in [1.165, 1.54) is 6.21 Å². The lowest BCUT2D eigenvalue weighted by atomic mass is 10.1. The lowest BCUT2D eigenvalue weighted by molar-refractivity contribution is 0.322. The molecule has 1 heterocycles. The van der Waals surface area contributed by atoms with Crippen LogP contribution in [0.4, 0.5) is 0 Å². The third-order valence-corrected chi connectivity index (χ3v) is 1.90. The summed E-state index contributed by atoms with van der Waals surface area (Å²) < 4.78 is 4.87. The highest BCUT2D eigenvalue weighted by molar-refractivity contribution is 5.79. The second kappa shape index (κ2) is 3.91. The molecule has 0 bridgehead atoms. The van der Waals surface area contributed by atoms with Gasteiger partial charge in [-0.2, -0.15) is 4.98 Å². The molecule has 2 aromatic rings. The van der Waals surface area contributed by atoms with E-state index in [2.05, 4.69) is 15.3 Å². The number of hydrogen-bond acceptors (Lipinski definition) is 5. The van der Waals surface area contributed by atoms with E-state index in [1.54, 1.807) is 19.1 Å². The molecule has 0 spiro atoms. The zero-order valence-electron chi connectivity index (χ0n) is 8.08. The first kappa shape index (κ1) is 9.39. The van der Waals surface area contributed by atoms with Gasteiger partial charge < -0.3 is 9.73 Å². The Morgan fingerprint density at radius 1 is 1.33 bits per heavy atom. The van der Waals surface area contributed by atoms with Crippen molar-refractivity contribution < 1.29 is 9.73 Å². The van der Waals surface area contributed by atoms with E-state index in [9.17, 15) is 0 Å². The van der Waals surface area contributed by atoms with Crippen LogP contribution in [0.1, 0.15) is 11.5 Å². The smallest absolute Gasteiger partial charge is 0.223 e. The van der Waals surface area contributed by atoms with Gasteiger partial charge in [-0.3, -0.25) is 0 Å². The van der Waals surface area contributed by atoms with Crippen molar-refractivity contribution in [1.29, 1.82) is 0 Å². The van der Waals surface area contributed by atoms with Crippen molar-refractivity contribution in [3.63, 3.8) is 0 Å². The van der Waals surface area contributed by atoms with Crippen molar-refractivity contribution in [3.05, 3.63) is 35.7 Å². The lowest BCUT2D eigenvalue weighted by Gasteiger charge is -1.94. The van der Waals surface area contributed by atoms with Crippen LogP contribution in [0.3, 0.4) is 0 Å². The number of oxime groups is 1. The number of aryl methyl sites for hydroxylation is 1. The number of nitrogens with zero attached hydrogens (tertiary/aromatic N) is 3. The molecule has 0 unspecified atom stereocenters. The van der Waals surface area contributed by atoms with E-state index in [0.29, 0.717) is 11.7 Å². The summed E-state index contributed by atoms with van der Waals surface area (Å²) in [6, 6.07) is 7.28. The summed E-state index contributed by atoms with van der Waals surface area (Å²) in [5.74, 6) is 1.09. The Labute approximate surface area is 86.0 Å². The maximum atomic E-state index is 8.34. The van der Waals surface area contributed by atoms with Crippen LogP contribution in [0, 0.1) is 6.92 Å². The van der Waals surface area contributed by atoms with E-state index in [0.717, 1.165) is 11.1 Å². The van der Waals surface area contributed by atoms with Gasteiger partial charge >= 0.3 is 0 Å². The quantitative estimate of drug-likeness (QED) is 0.459. The highest BCUT2D eigenvalue weighted by Gasteiger charge is 2.04. The molecule has 1 aromatic carbocycles. The van der Waals surface area contributed by atoms with E-state index in [4.69, 9.17) is 9.73 Å². The molecule has 2 rings (SSSR count). The lowest BCUT2D eigenvalue weighted by Crippen LogP contribution is -1.83. The van der Waals surface area contributed by atoms with Crippen molar-refractivity contribution in [2.45, 2.75) is 6.92 Å². The van der Waals surface area contributed by atoms with Gasteiger partial charge in [0.15, 0.2) is 0 Å². The van der Waals surface area contributed by atoms with Gasteiger partial charge in [0.2, 0.25) is 11.7 Å². The summed E-state index contributed by atoms with van der Waals surface area (Å²) in [4.78, 5) is 4.10. The molecule has 76 valence electrons. The topological polar surface area (TPSA) is 71.5 Å². The number of benzene rings is 1. The minimum absolute atomic E-state index is 0.533. The van der Waals surface area contributed by atoms with Crippen molar-refractivity contribution in [2.75, 3.05) is 0 Å². The van der Waals surface area contributed by atoms with Crippen molar-refractivity contribution in [3.8, 4) is 11.4 Å². The first-order valence-corrected chi connectivity index (χ1v) is 4.38. The second-order valence-electron chi connectivity index (χ2n) is 3.00. The fourth-order valence-corrected chi connectivity index (χ4v) is 1.20. The van der Waals surface area contributed by atoms with Gasteiger partial charge in [-0.25, -0.2) is 0 Å². The first-order valence-electron chi connectivity index (χ1n) is 4.38. The van der Waals surface area contributed by atoms with Gasteiger partial charge in [0, 0.05) is 12.5 Å². The fourth-order valence-electron chi connectivity index (χ4n) is 1.20. The minimum Gasteiger partial charge on any atom is -0.411 e. The Morgan fingerprint density at radius 2 is 2.07 bits per heavy atom. The molecule has 0 aliphatic carbocycles. The van der Waals surface area contributed by atoms with Crippen LogP contribution in [-0.4, -0.2) is 21.6 Å². The fraction of sp³-hybridized carbons (Fsp3) is 0.100. The van der Waals surface area contributed by atoms with Crippen LogP contribution in [-0.2, 0) is 0 Å². The summed E-state index contributed by atoms with van der Waals surface area (Å²) in [6.45, 7) is 1.74. The van der Waals surface area contributed by atoms with Gasteiger partial charge in [-0.1, -0.05) is 34.6 Å². The predicted octanol–water partition coefficient (Wildman–Crippen LogP) is 1.85. The average molecular weight is 203 g/mol. The molecule has 0 amide bonds. The summed E-state index contributed by atoms with van der Waals surface area (Å²) in [6.07, 6.45) is 1.35. The largest absolute Gasteiger partial charge is 0.411 e. The summed E-state index contributed by atoms with van der Waals surface area (Å²) in [7, 11) is 0. The Balaban J connectivity index is 2.31. The Morgan fingerprint density at radius 3 is 2.60 bits per heavy atom. The maximum absolute atomic E-state index is 8.34. The molecular weight excluding hydrogens is 194 g/mol. The molecule has 0 saturated heterocycles. The number of aromatic nitrogens is 2. The number of rotatable bonds is 2. The summed E-state index contributed by atoms with van der Waals surface area (Å²) in [5.41, 5.74) is 1.67. The molecule has 0 atom stereocenters. The average Bonchev–Trinajstić information content (AvgIpc) is 2.67. The van der Waals surface area contributed by atoms with E-state index < -0.39 is 0 Å². The maximum Gasteiger partial charge on any atom is 0.223 e. The third kappa shape index (κ3) is 2.01. The van der Waals surface area contributed by atoms with Gasteiger partial charge in [0.05, 0.1) is 6.21 Å². The van der Waals surface area contributed by atoms with Crippen LogP contribution >= 0.6 is 0 Å².